The van der Waals surface area contributed by atoms with Gasteiger partial charge in [-0.15, -0.1) is 0 Å². The van der Waals surface area contributed by atoms with E-state index in [1.165, 1.54) is 6.07 Å². The molecule has 19 heavy (non-hydrogen) atoms. The summed E-state index contributed by atoms with van der Waals surface area (Å²) in [6.07, 6.45) is 0. The summed E-state index contributed by atoms with van der Waals surface area (Å²) in [6, 6.07) is 16.4. The predicted molar refractivity (Wildman–Crippen MR) is 73.7 cm³/mol. The smallest absolute Gasteiger partial charge is 0.339 e. The van der Waals surface area contributed by atoms with E-state index >= 15 is 0 Å². The van der Waals surface area contributed by atoms with E-state index in [0.717, 1.165) is 16.7 Å². The largest absolute Gasteiger partial charge is 0.456 e. The fourth-order valence-corrected chi connectivity index (χ4v) is 1.96. The third kappa shape index (κ3) is 2.22. The molecule has 0 aliphatic heterocycles. The number of ether oxygens (including phenoxy) is 1. The molecule has 3 aromatic rings. The molecule has 0 atom stereocenters. The molecular weight excluding hydrogens is 240 g/mol. The number of benzene rings is 2. The highest BCUT2D eigenvalue weighted by Crippen LogP contribution is 2.29. The fourth-order valence-electron chi connectivity index (χ4n) is 1.96. The van der Waals surface area contributed by atoms with Crippen LogP contribution in [-0.2, 0) is 0 Å². The third-order valence-corrected chi connectivity index (χ3v) is 2.93. The van der Waals surface area contributed by atoms with Crippen molar-refractivity contribution < 1.29 is 9.15 Å². The van der Waals surface area contributed by atoms with Gasteiger partial charge >= 0.3 is 5.63 Å². The first-order chi connectivity index (χ1) is 9.24. The molecule has 0 amide bonds. The van der Waals surface area contributed by atoms with Crippen LogP contribution >= 0.6 is 0 Å². The molecule has 0 saturated heterocycles. The van der Waals surface area contributed by atoms with Crippen molar-refractivity contribution >= 4 is 11.0 Å². The van der Waals surface area contributed by atoms with E-state index < -0.39 is 5.63 Å². The second-order valence-corrected chi connectivity index (χ2v) is 4.29. The van der Waals surface area contributed by atoms with Crippen LogP contribution in [0.1, 0.15) is 5.56 Å². The van der Waals surface area contributed by atoms with Gasteiger partial charge in [-0.3, -0.25) is 0 Å². The van der Waals surface area contributed by atoms with Crippen molar-refractivity contribution in [1.29, 1.82) is 0 Å². The Morgan fingerprint density at radius 3 is 2.53 bits per heavy atom. The first-order valence-corrected chi connectivity index (χ1v) is 6.00. The lowest BCUT2D eigenvalue weighted by Crippen LogP contribution is -1.98. The van der Waals surface area contributed by atoms with Crippen LogP contribution < -0.4 is 10.4 Å². The highest BCUT2D eigenvalue weighted by Gasteiger charge is 2.08. The Morgan fingerprint density at radius 2 is 1.68 bits per heavy atom. The molecule has 0 aliphatic carbocycles. The lowest BCUT2D eigenvalue weighted by atomic mass is 10.2. The van der Waals surface area contributed by atoms with Crippen molar-refractivity contribution in [2.75, 3.05) is 0 Å². The standard InChI is InChI=1S/C16H12O3/c1-11-6-2-4-8-13(11)18-15-10-16(17)19-14-9-5-3-7-12(14)15/h2-10H,1H3. The lowest BCUT2D eigenvalue weighted by molar-refractivity contribution is 0.472. The maximum absolute atomic E-state index is 11.5. The van der Waals surface area contributed by atoms with Crippen molar-refractivity contribution in [3.63, 3.8) is 0 Å². The van der Waals surface area contributed by atoms with E-state index in [1.807, 2.05) is 49.4 Å². The molecule has 94 valence electrons. The van der Waals surface area contributed by atoms with Crippen molar-refractivity contribution in [3.8, 4) is 11.5 Å². The maximum atomic E-state index is 11.5. The maximum Gasteiger partial charge on any atom is 0.339 e. The topological polar surface area (TPSA) is 39.4 Å². The average Bonchev–Trinajstić information content (AvgIpc) is 2.41. The molecular formula is C16H12O3. The molecule has 0 fully saturated rings. The first kappa shape index (κ1) is 11.5. The molecule has 0 bridgehead atoms. The van der Waals surface area contributed by atoms with Crippen LogP contribution in [0.2, 0.25) is 0 Å². The van der Waals surface area contributed by atoms with Gasteiger partial charge in [-0.25, -0.2) is 4.79 Å². The molecule has 3 nitrogen and oxygen atoms in total. The molecule has 1 aromatic heterocycles. The quantitative estimate of drug-likeness (QED) is 0.649. The van der Waals surface area contributed by atoms with Crippen LogP contribution in [-0.4, -0.2) is 0 Å². The molecule has 3 rings (SSSR count). The van der Waals surface area contributed by atoms with Crippen LogP contribution in [0.4, 0.5) is 0 Å². The molecule has 0 N–H and O–H groups in total. The second-order valence-electron chi connectivity index (χ2n) is 4.29. The van der Waals surface area contributed by atoms with E-state index in [4.69, 9.17) is 9.15 Å². The minimum Gasteiger partial charge on any atom is -0.456 e. The number of para-hydroxylation sites is 2. The summed E-state index contributed by atoms with van der Waals surface area (Å²) in [5.41, 5.74) is 1.13. The highest BCUT2D eigenvalue weighted by molar-refractivity contribution is 5.83. The van der Waals surface area contributed by atoms with Gasteiger partial charge in [0.15, 0.2) is 0 Å². The van der Waals surface area contributed by atoms with Crippen LogP contribution in [0, 0.1) is 6.92 Å². The van der Waals surface area contributed by atoms with Gasteiger partial charge in [-0.05, 0) is 30.7 Å². The van der Waals surface area contributed by atoms with Crippen LogP contribution in [0.15, 0.2) is 63.8 Å². The van der Waals surface area contributed by atoms with Crippen molar-refractivity contribution in [1.82, 2.24) is 0 Å². The van der Waals surface area contributed by atoms with Crippen molar-refractivity contribution in [3.05, 3.63) is 70.6 Å². The summed E-state index contributed by atoms with van der Waals surface area (Å²) in [5.74, 6) is 1.25. The van der Waals surface area contributed by atoms with Gasteiger partial charge in [0, 0.05) is 0 Å². The molecule has 2 aromatic carbocycles. The van der Waals surface area contributed by atoms with E-state index in [-0.39, 0.29) is 0 Å². The van der Waals surface area contributed by atoms with Gasteiger partial charge in [0.25, 0.3) is 0 Å². The number of hydrogen-bond acceptors (Lipinski definition) is 3. The molecule has 0 unspecified atom stereocenters. The Bertz CT molecular complexity index is 787. The first-order valence-electron chi connectivity index (χ1n) is 6.00. The monoisotopic (exact) mass is 252 g/mol. The molecule has 0 aliphatic rings. The summed E-state index contributed by atoms with van der Waals surface area (Å²) >= 11 is 0. The van der Waals surface area contributed by atoms with Crippen LogP contribution in [0.25, 0.3) is 11.0 Å². The predicted octanol–water partition coefficient (Wildman–Crippen LogP) is 3.89. The number of aryl methyl sites for hydroxylation is 1. The van der Waals surface area contributed by atoms with Crippen molar-refractivity contribution in [2.45, 2.75) is 6.92 Å². The molecule has 3 heteroatoms. The Hall–Kier alpha value is -2.55. The fraction of sp³-hybridized carbons (Fsp3) is 0.0625. The minimum atomic E-state index is -0.415. The molecule has 1 heterocycles. The average molecular weight is 252 g/mol. The van der Waals surface area contributed by atoms with Gasteiger partial charge in [-0.1, -0.05) is 30.3 Å². The molecule has 0 saturated carbocycles. The highest BCUT2D eigenvalue weighted by atomic mass is 16.5. The number of rotatable bonds is 2. The van der Waals surface area contributed by atoms with Crippen LogP contribution in [0.3, 0.4) is 0 Å². The summed E-state index contributed by atoms with van der Waals surface area (Å²) in [5, 5.41) is 0.783. The summed E-state index contributed by atoms with van der Waals surface area (Å²) < 4.78 is 11.0. The summed E-state index contributed by atoms with van der Waals surface area (Å²) in [6.45, 7) is 1.96. The summed E-state index contributed by atoms with van der Waals surface area (Å²) in [7, 11) is 0. The zero-order chi connectivity index (χ0) is 13.2. The van der Waals surface area contributed by atoms with Gasteiger partial charge in [0.1, 0.15) is 17.1 Å². The second kappa shape index (κ2) is 4.61. The Labute approximate surface area is 110 Å². The van der Waals surface area contributed by atoms with E-state index in [9.17, 15) is 4.79 Å². The molecule has 0 spiro atoms. The van der Waals surface area contributed by atoms with Gasteiger partial charge in [0.2, 0.25) is 0 Å². The summed E-state index contributed by atoms with van der Waals surface area (Å²) in [4.78, 5) is 11.5. The van der Waals surface area contributed by atoms with E-state index in [2.05, 4.69) is 0 Å². The van der Waals surface area contributed by atoms with E-state index in [1.54, 1.807) is 6.07 Å². The van der Waals surface area contributed by atoms with Crippen LogP contribution in [0.5, 0.6) is 11.5 Å². The lowest BCUT2D eigenvalue weighted by Gasteiger charge is -2.09. The Kier molecular flexibility index (Phi) is 2.80. The van der Waals surface area contributed by atoms with Gasteiger partial charge < -0.3 is 9.15 Å². The molecule has 0 radical (unpaired) electrons. The number of hydrogen-bond donors (Lipinski definition) is 0. The zero-order valence-corrected chi connectivity index (χ0v) is 10.4. The normalized spacial score (nSPS) is 10.6. The van der Waals surface area contributed by atoms with E-state index in [0.29, 0.717) is 11.3 Å². The van der Waals surface area contributed by atoms with Crippen molar-refractivity contribution in [2.24, 2.45) is 0 Å². The number of fused-ring (bicyclic) bond motifs is 1. The Balaban J connectivity index is 2.15. The minimum absolute atomic E-state index is 0.415. The zero-order valence-electron chi connectivity index (χ0n) is 10.4. The Morgan fingerprint density at radius 1 is 0.947 bits per heavy atom. The SMILES string of the molecule is Cc1ccccc1Oc1cc(=O)oc2ccccc12. The third-order valence-electron chi connectivity index (χ3n) is 2.93. The van der Waals surface area contributed by atoms with Gasteiger partial charge in [0.05, 0.1) is 11.5 Å². The van der Waals surface area contributed by atoms with Gasteiger partial charge in [-0.2, -0.15) is 0 Å².